The molecule has 0 N–H and O–H groups in total. The molecule has 1 amide bonds. The number of nitrogens with zero attached hydrogens (tertiary/aromatic N) is 1. The number of carbonyl (C=O) groups excluding carboxylic acids is 1. The van der Waals surface area contributed by atoms with Crippen molar-refractivity contribution in [3.8, 4) is 28.4 Å². The van der Waals surface area contributed by atoms with Crippen molar-refractivity contribution >= 4 is 5.91 Å². The standard InChI is InChI=1S/C24H23NO4/c1-25(15-19-16-27-22-13-7-8-14-23(22)29-19)24(26)17-28-21-12-6-5-11-20(21)18-9-3-2-4-10-18/h2-14,19H,15-17H2,1H3/t19-/m0/s1. The van der Waals surface area contributed by atoms with Gasteiger partial charge in [-0.25, -0.2) is 0 Å². The highest BCUT2D eigenvalue weighted by Crippen LogP contribution is 2.31. The van der Waals surface area contributed by atoms with Gasteiger partial charge < -0.3 is 19.1 Å². The molecule has 0 spiro atoms. The van der Waals surface area contributed by atoms with Gasteiger partial charge in [0.15, 0.2) is 24.2 Å². The Labute approximate surface area is 170 Å². The summed E-state index contributed by atoms with van der Waals surface area (Å²) < 4.78 is 17.5. The van der Waals surface area contributed by atoms with E-state index in [2.05, 4.69) is 0 Å². The van der Waals surface area contributed by atoms with E-state index in [9.17, 15) is 4.79 Å². The zero-order chi connectivity index (χ0) is 20.1. The summed E-state index contributed by atoms with van der Waals surface area (Å²) in [6.45, 7) is 0.799. The van der Waals surface area contributed by atoms with Crippen molar-refractivity contribution in [3.63, 3.8) is 0 Å². The predicted octanol–water partition coefficient (Wildman–Crippen LogP) is 4.03. The van der Waals surface area contributed by atoms with Gasteiger partial charge >= 0.3 is 0 Å². The first-order valence-electron chi connectivity index (χ1n) is 9.60. The molecule has 4 rings (SSSR count). The molecule has 1 aliphatic rings. The second-order valence-electron chi connectivity index (χ2n) is 6.92. The second-order valence-corrected chi connectivity index (χ2v) is 6.92. The SMILES string of the molecule is CN(C[C@H]1COc2ccccc2O1)C(=O)COc1ccccc1-c1ccccc1. The lowest BCUT2D eigenvalue weighted by molar-refractivity contribution is -0.133. The van der Waals surface area contributed by atoms with Gasteiger partial charge in [0.1, 0.15) is 12.4 Å². The number of rotatable bonds is 6. The Hall–Kier alpha value is -3.47. The number of ether oxygens (including phenoxy) is 3. The molecule has 1 atom stereocenters. The molecule has 0 radical (unpaired) electrons. The predicted molar refractivity (Wildman–Crippen MR) is 111 cm³/mol. The van der Waals surface area contributed by atoms with Crippen LogP contribution in [0.5, 0.6) is 17.2 Å². The number of carbonyl (C=O) groups is 1. The lowest BCUT2D eigenvalue weighted by Crippen LogP contribution is -2.43. The molecule has 0 saturated carbocycles. The van der Waals surface area contributed by atoms with E-state index in [0.29, 0.717) is 24.7 Å². The number of amides is 1. The van der Waals surface area contributed by atoms with Crippen LogP contribution in [0.25, 0.3) is 11.1 Å². The quantitative estimate of drug-likeness (QED) is 0.639. The molecule has 0 fully saturated rings. The normalized spacial score (nSPS) is 14.9. The molecule has 0 saturated heterocycles. The summed E-state index contributed by atoms with van der Waals surface area (Å²) in [6, 6.07) is 25.3. The third-order valence-corrected chi connectivity index (χ3v) is 4.79. The summed E-state index contributed by atoms with van der Waals surface area (Å²) in [4.78, 5) is 14.2. The summed E-state index contributed by atoms with van der Waals surface area (Å²) in [5.41, 5.74) is 2.01. The van der Waals surface area contributed by atoms with E-state index >= 15 is 0 Å². The molecule has 0 unspecified atom stereocenters. The Bertz CT molecular complexity index is 973. The largest absolute Gasteiger partial charge is 0.486 e. The average molecular weight is 389 g/mol. The van der Waals surface area contributed by atoms with E-state index in [4.69, 9.17) is 14.2 Å². The van der Waals surface area contributed by atoms with Crippen LogP contribution in [-0.4, -0.2) is 43.7 Å². The highest BCUT2D eigenvalue weighted by Gasteiger charge is 2.24. The Morgan fingerprint density at radius 2 is 1.66 bits per heavy atom. The van der Waals surface area contributed by atoms with Crippen LogP contribution in [0.15, 0.2) is 78.9 Å². The maximum atomic E-state index is 12.6. The van der Waals surface area contributed by atoms with Gasteiger partial charge in [-0.2, -0.15) is 0 Å². The minimum Gasteiger partial charge on any atom is -0.486 e. The molecule has 3 aromatic rings. The van der Waals surface area contributed by atoms with Crippen molar-refractivity contribution in [2.24, 2.45) is 0 Å². The smallest absolute Gasteiger partial charge is 0.260 e. The molecular formula is C24H23NO4. The second kappa shape index (κ2) is 8.69. The van der Waals surface area contributed by atoms with Crippen molar-refractivity contribution in [1.29, 1.82) is 0 Å². The first-order chi connectivity index (χ1) is 14.2. The van der Waals surface area contributed by atoms with Gasteiger partial charge in [0.2, 0.25) is 0 Å². The Kier molecular flexibility index (Phi) is 5.66. The van der Waals surface area contributed by atoms with Crippen molar-refractivity contribution in [1.82, 2.24) is 4.90 Å². The molecule has 148 valence electrons. The maximum Gasteiger partial charge on any atom is 0.260 e. The zero-order valence-electron chi connectivity index (χ0n) is 16.3. The van der Waals surface area contributed by atoms with Gasteiger partial charge in [-0.3, -0.25) is 4.79 Å². The molecule has 3 aromatic carbocycles. The van der Waals surface area contributed by atoms with Crippen LogP contribution in [-0.2, 0) is 4.79 Å². The third-order valence-electron chi connectivity index (χ3n) is 4.79. The van der Waals surface area contributed by atoms with E-state index < -0.39 is 0 Å². The molecule has 0 aromatic heterocycles. The fourth-order valence-corrected chi connectivity index (χ4v) is 3.26. The fraction of sp³-hybridized carbons (Fsp3) is 0.208. The number of fused-ring (bicyclic) bond motifs is 1. The lowest BCUT2D eigenvalue weighted by Gasteiger charge is -2.29. The number of hydrogen-bond acceptors (Lipinski definition) is 4. The van der Waals surface area contributed by atoms with Crippen LogP contribution in [0.4, 0.5) is 0 Å². The van der Waals surface area contributed by atoms with E-state index in [0.717, 1.165) is 16.9 Å². The molecular weight excluding hydrogens is 366 g/mol. The van der Waals surface area contributed by atoms with Crippen molar-refractivity contribution in [2.45, 2.75) is 6.10 Å². The molecule has 5 nitrogen and oxygen atoms in total. The summed E-state index contributed by atoms with van der Waals surface area (Å²) in [5.74, 6) is 2.01. The Morgan fingerprint density at radius 3 is 2.48 bits per heavy atom. The zero-order valence-corrected chi connectivity index (χ0v) is 16.3. The maximum absolute atomic E-state index is 12.6. The van der Waals surface area contributed by atoms with Crippen LogP contribution in [0.2, 0.25) is 0 Å². The van der Waals surface area contributed by atoms with Crippen LogP contribution < -0.4 is 14.2 Å². The van der Waals surface area contributed by atoms with Gasteiger partial charge in [-0.05, 0) is 23.8 Å². The highest BCUT2D eigenvalue weighted by molar-refractivity contribution is 5.78. The number of para-hydroxylation sites is 3. The first kappa shape index (κ1) is 18.9. The van der Waals surface area contributed by atoms with Crippen LogP contribution in [0.1, 0.15) is 0 Å². The van der Waals surface area contributed by atoms with E-state index in [1.54, 1.807) is 11.9 Å². The molecule has 29 heavy (non-hydrogen) atoms. The van der Waals surface area contributed by atoms with E-state index in [-0.39, 0.29) is 18.6 Å². The monoisotopic (exact) mass is 389 g/mol. The first-order valence-corrected chi connectivity index (χ1v) is 9.60. The topological polar surface area (TPSA) is 48.0 Å². The van der Waals surface area contributed by atoms with Crippen molar-refractivity contribution in [2.75, 3.05) is 26.8 Å². The van der Waals surface area contributed by atoms with Crippen LogP contribution in [0.3, 0.4) is 0 Å². The number of hydrogen-bond donors (Lipinski definition) is 0. The average Bonchev–Trinajstić information content (AvgIpc) is 2.78. The minimum absolute atomic E-state index is 0.0372. The number of likely N-dealkylation sites (N-methyl/N-ethyl adjacent to an activating group) is 1. The van der Waals surface area contributed by atoms with Crippen molar-refractivity contribution in [3.05, 3.63) is 78.9 Å². The lowest BCUT2D eigenvalue weighted by atomic mass is 10.1. The van der Waals surface area contributed by atoms with Gasteiger partial charge in [-0.1, -0.05) is 60.7 Å². The van der Waals surface area contributed by atoms with E-state index in [1.807, 2.05) is 78.9 Å². The van der Waals surface area contributed by atoms with E-state index in [1.165, 1.54) is 0 Å². The van der Waals surface area contributed by atoms with Gasteiger partial charge in [-0.15, -0.1) is 0 Å². The van der Waals surface area contributed by atoms with Gasteiger partial charge in [0.05, 0.1) is 6.54 Å². The Morgan fingerprint density at radius 1 is 0.966 bits per heavy atom. The third kappa shape index (κ3) is 4.51. The van der Waals surface area contributed by atoms with Crippen LogP contribution in [0, 0.1) is 0 Å². The Balaban J connectivity index is 1.35. The molecule has 5 heteroatoms. The van der Waals surface area contributed by atoms with Gasteiger partial charge in [0, 0.05) is 12.6 Å². The summed E-state index contributed by atoms with van der Waals surface area (Å²) in [5, 5.41) is 0. The minimum atomic E-state index is -0.213. The molecule has 0 aliphatic carbocycles. The molecule has 0 bridgehead atoms. The summed E-state index contributed by atoms with van der Waals surface area (Å²) in [6.07, 6.45) is -0.213. The van der Waals surface area contributed by atoms with Crippen molar-refractivity contribution < 1.29 is 19.0 Å². The van der Waals surface area contributed by atoms with Crippen LogP contribution >= 0.6 is 0 Å². The number of benzene rings is 3. The summed E-state index contributed by atoms with van der Waals surface area (Å²) in [7, 11) is 1.75. The highest BCUT2D eigenvalue weighted by atomic mass is 16.6. The van der Waals surface area contributed by atoms with Gasteiger partial charge in [0.25, 0.3) is 5.91 Å². The molecule has 1 heterocycles. The fourth-order valence-electron chi connectivity index (χ4n) is 3.26. The summed E-state index contributed by atoms with van der Waals surface area (Å²) >= 11 is 0. The molecule has 1 aliphatic heterocycles.